The summed E-state index contributed by atoms with van der Waals surface area (Å²) in [5, 5.41) is 5.08. The molecule has 0 amide bonds. The number of aromatic nitrogens is 2. The lowest BCUT2D eigenvalue weighted by Gasteiger charge is -2.30. The molecule has 2 heterocycles. The fraction of sp³-hybridized carbons (Fsp3) is 0.0435. The number of hydrogen-bond acceptors (Lipinski definition) is 0. The Bertz CT molecular complexity index is 2660. The van der Waals surface area contributed by atoms with Crippen LogP contribution in [0.2, 0.25) is 0 Å². The highest BCUT2D eigenvalue weighted by atomic mass is 15.0. The Balaban J connectivity index is 1.15. The van der Waals surface area contributed by atoms with Crippen molar-refractivity contribution in [3.63, 3.8) is 0 Å². The standard InChI is InChI=1S/C46H32N2/c1-3-13-31(14-4-1)40-30-36(27-34-15-7-8-18-37(34)40)48-44-22-12-10-20-39(44)42-29-33(24-26-46(42)48)32-23-25-45-41(28-32)38-19-9-11-21-43(38)47(45)35-16-5-2-6-17-35/h1-30,34,37H. The SMILES string of the molecule is C1=CC2C=C(n3c4ccccc4c4cc(-c5ccc6c(c5)c5ccccc5n6-c5ccccc5)ccc43)C=C(c3ccccc3)C2C=C1. The minimum Gasteiger partial charge on any atom is -0.310 e. The Kier molecular flexibility index (Phi) is 6.04. The molecule has 10 rings (SSSR count). The lowest BCUT2D eigenvalue weighted by atomic mass is 9.76. The highest BCUT2D eigenvalue weighted by Gasteiger charge is 2.28. The summed E-state index contributed by atoms with van der Waals surface area (Å²) in [5.41, 5.74) is 12.4. The highest BCUT2D eigenvalue weighted by molar-refractivity contribution is 6.13. The zero-order chi connectivity index (χ0) is 31.6. The van der Waals surface area contributed by atoms with Gasteiger partial charge in [0.2, 0.25) is 0 Å². The van der Waals surface area contributed by atoms with Crippen LogP contribution in [0.15, 0.2) is 182 Å². The van der Waals surface area contributed by atoms with E-state index < -0.39 is 0 Å². The Morgan fingerprint density at radius 3 is 1.65 bits per heavy atom. The summed E-state index contributed by atoms with van der Waals surface area (Å²) in [6, 6.07) is 53.1. The minimum absolute atomic E-state index is 0.311. The van der Waals surface area contributed by atoms with Crippen LogP contribution in [-0.2, 0) is 0 Å². The van der Waals surface area contributed by atoms with E-state index in [1.54, 1.807) is 0 Å². The van der Waals surface area contributed by atoms with Crippen LogP contribution in [0.1, 0.15) is 5.56 Å². The van der Waals surface area contributed by atoms with Gasteiger partial charge in [-0.25, -0.2) is 0 Å². The third kappa shape index (κ3) is 4.13. The summed E-state index contributed by atoms with van der Waals surface area (Å²) in [6.07, 6.45) is 13.9. The minimum atomic E-state index is 0.311. The summed E-state index contributed by atoms with van der Waals surface area (Å²) < 4.78 is 4.85. The molecule has 0 saturated heterocycles. The van der Waals surface area contributed by atoms with Gasteiger partial charge in [0.05, 0.1) is 22.1 Å². The van der Waals surface area contributed by atoms with Gasteiger partial charge < -0.3 is 9.13 Å². The molecule has 0 bridgehead atoms. The van der Waals surface area contributed by atoms with E-state index in [4.69, 9.17) is 0 Å². The van der Waals surface area contributed by atoms with Crippen molar-refractivity contribution in [3.8, 4) is 16.8 Å². The first-order chi connectivity index (χ1) is 23.8. The van der Waals surface area contributed by atoms with Crippen LogP contribution in [0.4, 0.5) is 0 Å². The molecule has 2 nitrogen and oxygen atoms in total. The Morgan fingerprint density at radius 2 is 0.958 bits per heavy atom. The van der Waals surface area contributed by atoms with E-state index >= 15 is 0 Å². The number of allylic oxidation sites excluding steroid dienone is 8. The van der Waals surface area contributed by atoms with Gasteiger partial charge in [0.15, 0.2) is 0 Å². The third-order valence-electron chi connectivity index (χ3n) is 10.3. The maximum atomic E-state index is 2.47. The van der Waals surface area contributed by atoms with Crippen LogP contribution in [0.5, 0.6) is 0 Å². The number of rotatable bonds is 4. The van der Waals surface area contributed by atoms with Crippen molar-refractivity contribution < 1.29 is 0 Å². The van der Waals surface area contributed by atoms with Gasteiger partial charge in [-0.15, -0.1) is 0 Å². The number of hydrogen-bond donors (Lipinski definition) is 0. The number of fused-ring (bicyclic) bond motifs is 7. The van der Waals surface area contributed by atoms with Crippen molar-refractivity contribution >= 4 is 54.9 Å². The van der Waals surface area contributed by atoms with Crippen molar-refractivity contribution in [1.82, 2.24) is 9.13 Å². The molecular formula is C46H32N2. The quantitative estimate of drug-likeness (QED) is 0.187. The van der Waals surface area contributed by atoms with Crippen LogP contribution >= 0.6 is 0 Å². The van der Waals surface area contributed by atoms with Crippen molar-refractivity contribution in [1.29, 1.82) is 0 Å². The second kappa shape index (κ2) is 10.7. The number of benzene rings is 6. The van der Waals surface area contributed by atoms with Crippen LogP contribution in [-0.4, -0.2) is 9.13 Å². The first-order valence-electron chi connectivity index (χ1n) is 16.8. The van der Waals surface area contributed by atoms with Gasteiger partial charge in [-0.1, -0.05) is 127 Å². The molecule has 2 heteroatoms. The van der Waals surface area contributed by atoms with Crippen molar-refractivity contribution in [2.75, 3.05) is 0 Å². The van der Waals surface area contributed by atoms with Crippen molar-refractivity contribution in [3.05, 3.63) is 188 Å². The van der Waals surface area contributed by atoms with Crippen LogP contribution in [0.25, 0.3) is 71.7 Å². The summed E-state index contributed by atoms with van der Waals surface area (Å²) in [7, 11) is 0. The number of nitrogens with zero attached hydrogens (tertiary/aromatic N) is 2. The van der Waals surface area contributed by atoms with E-state index in [-0.39, 0.29) is 0 Å². The van der Waals surface area contributed by atoms with Crippen LogP contribution < -0.4 is 0 Å². The molecule has 2 aromatic heterocycles. The lowest BCUT2D eigenvalue weighted by molar-refractivity contribution is 0.677. The first-order valence-corrected chi connectivity index (χ1v) is 16.8. The number of para-hydroxylation sites is 3. The smallest absolute Gasteiger partial charge is 0.0541 e. The van der Waals surface area contributed by atoms with Gasteiger partial charge in [0.25, 0.3) is 0 Å². The zero-order valence-corrected chi connectivity index (χ0v) is 26.4. The summed E-state index contributed by atoms with van der Waals surface area (Å²) in [6.45, 7) is 0. The molecule has 0 radical (unpaired) electrons. The van der Waals surface area contributed by atoms with E-state index in [0.29, 0.717) is 11.8 Å². The van der Waals surface area contributed by atoms with E-state index in [1.165, 1.54) is 77.3 Å². The zero-order valence-electron chi connectivity index (χ0n) is 26.4. The van der Waals surface area contributed by atoms with Gasteiger partial charge in [0, 0.05) is 44.8 Å². The predicted octanol–water partition coefficient (Wildman–Crippen LogP) is 11.9. The first kappa shape index (κ1) is 27.0. The normalized spacial score (nSPS) is 17.2. The van der Waals surface area contributed by atoms with E-state index in [2.05, 4.69) is 191 Å². The van der Waals surface area contributed by atoms with Gasteiger partial charge in [-0.2, -0.15) is 0 Å². The Morgan fingerprint density at radius 1 is 0.417 bits per heavy atom. The molecule has 226 valence electrons. The predicted molar refractivity (Wildman–Crippen MR) is 203 cm³/mol. The molecule has 8 aromatic rings. The largest absolute Gasteiger partial charge is 0.310 e. The van der Waals surface area contributed by atoms with E-state index in [0.717, 1.165) is 0 Å². The molecule has 2 unspecified atom stereocenters. The highest BCUT2D eigenvalue weighted by Crippen LogP contribution is 2.43. The molecule has 0 saturated carbocycles. The molecular weight excluding hydrogens is 581 g/mol. The van der Waals surface area contributed by atoms with Crippen molar-refractivity contribution in [2.45, 2.75) is 0 Å². The van der Waals surface area contributed by atoms with Gasteiger partial charge >= 0.3 is 0 Å². The molecule has 0 aliphatic heterocycles. The third-order valence-corrected chi connectivity index (χ3v) is 10.3. The van der Waals surface area contributed by atoms with Crippen LogP contribution in [0.3, 0.4) is 0 Å². The molecule has 2 atom stereocenters. The molecule has 0 spiro atoms. The maximum Gasteiger partial charge on any atom is 0.0541 e. The Hall–Kier alpha value is -6.12. The van der Waals surface area contributed by atoms with Gasteiger partial charge in [0.1, 0.15) is 0 Å². The Labute approximate surface area is 279 Å². The summed E-state index contributed by atoms with van der Waals surface area (Å²) in [4.78, 5) is 0. The van der Waals surface area contributed by atoms with Crippen LogP contribution in [0, 0.1) is 11.8 Å². The van der Waals surface area contributed by atoms with Crippen molar-refractivity contribution in [2.24, 2.45) is 11.8 Å². The molecule has 48 heavy (non-hydrogen) atoms. The second-order valence-corrected chi connectivity index (χ2v) is 12.9. The molecule has 2 aliphatic carbocycles. The molecule has 0 N–H and O–H groups in total. The average molecular weight is 613 g/mol. The molecule has 2 aliphatic rings. The summed E-state index contributed by atoms with van der Waals surface area (Å²) in [5.74, 6) is 0.647. The van der Waals surface area contributed by atoms with Gasteiger partial charge in [-0.05, 0) is 76.9 Å². The van der Waals surface area contributed by atoms with Gasteiger partial charge in [-0.3, -0.25) is 0 Å². The van der Waals surface area contributed by atoms with E-state index in [1.807, 2.05) is 0 Å². The summed E-state index contributed by atoms with van der Waals surface area (Å²) >= 11 is 0. The maximum absolute atomic E-state index is 2.47. The molecule has 0 fully saturated rings. The lowest BCUT2D eigenvalue weighted by Crippen LogP contribution is -2.17. The average Bonchev–Trinajstić information content (AvgIpc) is 3.67. The fourth-order valence-corrected chi connectivity index (χ4v) is 8.08. The monoisotopic (exact) mass is 612 g/mol. The molecule has 6 aromatic carbocycles. The fourth-order valence-electron chi connectivity index (χ4n) is 8.08. The second-order valence-electron chi connectivity index (χ2n) is 12.9. The van der Waals surface area contributed by atoms with E-state index in [9.17, 15) is 0 Å². The topological polar surface area (TPSA) is 9.86 Å².